The van der Waals surface area contributed by atoms with Gasteiger partial charge < -0.3 is 0 Å². The van der Waals surface area contributed by atoms with Crippen LogP contribution in [0.5, 0.6) is 0 Å². The Hall–Kier alpha value is -1.30. The van der Waals surface area contributed by atoms with E-state index in [4.69, 9.17) is 5.84 Å². The second kappa shape index (κ2) is 6.23. The van der Waals surface area contributed by atoms with Crippen LogP contribution in [0.25, 0.3) is 0 Å². The SMILES string of the molecule is CS(=O)(=O)CCCNS(=O)(=O)c1cnc(NN)nc1. The van der Waals surface area contributed by atoms with Gasteiger partial charge in [0.15, 0.2) is 0 Å². The van der Waals surface area contributed by atoms with Gasteiger partial charge in [0.1, 0.15) is 14.7 Å². The van der Waals surface area contributed by atoms with E-state index in [1.54, 1.807) is 0 Å². The normalized spacial score (nSPS) is 12.3. The smallest absolute Gasteiger partial charge is 0.243 e. The minimum Gasteiger partial charge on any atom is -0.292 e. The zero-order valence-electron chi connectivity index (χ0n) is 10.2. The summed E-state index contributed by atoms with van der Waals surface area (Å²) in [6.45, 7) is 0.0201. The second-order valence-electron chi connectivity index (χ2n) is 3.77. The van der Waals surface area contributed by atoms with Crippen molar-refractivity contribution in [3.05, 3.63) is 12.4 Å². The van der Waals surface area contributed by atoms with Crippen LogP contribution in [0, 0.1) is 0 Å². The molecule has 0 spiro atoms. The molecule has 0 saturated carbocycles. The number of sulfone groups is 1. The summed E-state index contributed by atoms with van der Waals surface area (Å²) in [6, 6.07) is 0. The average Bonchev–Trinajstić information content (AvgIpc) is 2.34. The number of nitrogens with zero attached hydrogens (tertiary/aromatic N) is 2. The first-order valence-corrected chi connectivity index (χ1v) is 8.75. The van der Waals surface area contributed by atoms with E-state index >= 15 is 0 Å². The molecule has 4 N–H and O–H groups in total. The third-order valence-electron chi connectivity index (χ3n) is 2.05. The summed E-state index contributed by atoms with van der Waals surface area (Å²) >= 11 is 0. The van der Waals surface area contributed by atoms with Crippen LogP contribution in [0.1, 0.15) is 6.42 Å². The molecule has 0 radical (unpaired) electrons. The Morgan fingerprint density at radius 3 is 2.26 bits per heavy atom. The van der Waals surface area contributed by atoms with Crippen molar-refractivity contribution in [1.82, 2.24) is 14.7 Å². The number of hydrazine groups is 1. The van der Waals surface area contributed by atoms with E-state index in [-0.39, 0.29) is 29.6 Å². The molecule has 1 aromatic heterocycles. The van der Waals surface area contributed by atoms with Gasteiger partial charge in [-0.25, -0.2) is 37.4 Å². The van der Waals surface area contributed by atoms with Crippen LogP contribution in [0.4, 0.5) is 5.95 Å². The minimum absolute atomic E-state index is 0.0201. The van der Waals surface area contributed by atoms with E-state index in [0.29, 0.717) is 0 Å². The van der Waals surface area contributed by atoms with Crippen LogP contribution in [0.2, 0.25) is 0 Å². The maximum Gasteiger partial charge on any atom is 0.243 e. The molecular weight excluding hydrogens is 294 g/mol. The molecule has 9 nitrogen and oxygen atoms in total. The van der Waals surface area contributed by atoms with E-state index in [2.05, 4.69) is 20.1 Å². The van der Waals surface area contributed by atoms with Crippen molar-refractivity contribution < 1.29 is 16.8 Å². The maximum absolute atomic E-state index is 11.8. The number of hydrogen-bond donors (Lipinski definition) is 3. The Kier molecular flexibility index (Phi) is 5.17. The molecule has 0 bridgehead atoms. The monoisotopic (exact) mass is 309 g/mol. The van der Waals surface area contributed by atoms with Crippen molar-refractivity contribution in [2.45, 2.75) is 11.3 Å². The van der Waals surface area contributed by atoms with E-state index in [9.17, 15) is 16.8 Å². The lowest BCUT2D eigenvalue weighted by atomic mass is 10.5. The average molecular weight is 309 g/mol. The molecule has 0 saturated heterocycles. The van der Waals surface area contributed by atoms with Crippen molar-refractivity contribution >= 4 is 25.8 Å². The van der Waals surface area contributed by atoms with Gasteiger partial charge in [-0.15, -0.1) is 0 Å². The molecule has 0 fully saturated rings. The summed E-state index contributed by atoms with van der Waals surface area (Å²) in [6.07, 6.45) is 3.48. The number of anilines is 1. The summed E-state index contributed by atoms with van der Waals surface area (Å²) in [5.41, 5.74) is 2.17. The Labute approximate surface area is 111 Å². The molecule has 0 aromatic carbocycles. The zero-order valence-corrected chi connectivity index (χ0v) is 11.8. The van der Waals surface area contributed by atoms with Gasteiger partial charge in [0.25, 0.3) is 0 Å². The van der Waals surface area contributed by atoms with E-state index in [1.807, 2.05) is 0 Å². The van der Waals surface area contributed by atoms with Gasteiger partial charge in [-0.1, -0.05) is 0 Å². The van der Waals surface area contributed by atoms with Crippen LogP contribution in [0.15, 0.2) is 17.3 Å². The van der Waals surface area contributed by atoms with Crippen LogP contribution in [-0.4, -0.2) is 45.4 Å². The first kappa shape index (κ1) is 15.8. The molecule has 19 heavy (non-hydrogen) atoms. The molecule has 1 heterocycles. The van der Waals surface area contributed by atoms with Crippen LogP contribution < -0.4 is 16.0 Å². The fourth-order valence-electron chi connectivity index (χ4n) is 1.15. The molecular formula is C8H15N5O4S2. The Bertz CT molecular complexity index is 611. The number of nitrogens with one attached hydrogen (secondary N) is 2. The summed E-state index contributed by atoms with van der Waals surface area (Å²) < 4.78 is 47.6. The zero-order chi connectivity index (χ0) is 14.5. The molecule has 0 aliphatic rings. The molecule has 1 aromatic rings. The molecule has 0 amide bonds. The Morgan fingerprint density at radius 1 is 1.21 bits per heavy atom. The Morgan fingerprint density at radius 2 is 1.79 bits per heavy atom. The Balaban J connectivity index is 2.60. The van der Waals surface area contributed by atoms with Crippen LogP contribution in [0.3, 0.4) is 0 Å². The highest BCUT2D eigenvalue weighted by Crippen LogP contribution is 2.06. The molecule has 1 rings (SSSR count). The number of rotatable bonds is 7. The fourth-order valence-corrected chi connectivity index (χ4v) is 2.79. The first-order valence-electron chi connectivity index (χ1n) is 5.21. The van der Waals surface area contributed by atoms with Gasteiger partial charge in [0, 0.05) is 12.8 Å². The molecule has 0 unspecified atom stereocenters. The van der Waals surface area contributed by atoms with E-state index in [1.165, 1.54) is 0 Å². The number of nitrogens with two attached hydrogens (primary N) is 1. The summed E-state index contributed by atoms with van der Waals surface area (Å²) in [5, 5.41) is 0. The molecule has 0 aliphatic heterocycles. The third kappa shape index (κ3) is 5.46. The third-order valence-corrected chi connectivity index (χ3v) is 4.50. The maximum atomic E-state index is 11.8. The number of nitrogen functional groups attached to an aromatic ring is 1. The van der Waals surface area contributed by atoms with Gasteiger partial charge >= 0.3 is 0 Å². The number of hydrogen-bond acceptors (Lipinski definition) is 8. The highest BCUT2D eigenvalue weighted by Gasteiger charge is 2.14. The largest absolute Gasteiger partial charge is 0.292 e. The van der Waals surface area contributed by atoms with E-state index < -0.39 is 19.9 Å². The molecule has 0 atom stereocenters. The van der Waals surface area contributed by atoms with Gasteiger partial charge in [-0.3, -0.25) is 5.43 Å². The lowest BCUT2D eigenvalue weighted by molar-refractivity contribution is 0.576. The van der Waals surface area contributed by atoms with Crippen molar-refractivity contribution in [1.29, 1.82) is 0 Å². The summed E-state index contributed by atoms with van der Waals surface area (Å²) in [4.78, 5) is 7.22. The summed E-state index contributed by atoms with van der Waals surface area (Å²) in [5.74, 6) is 5.06. The fraction of sp³-hybridized carbons (Fsp3) is 0.500. The van der Waals surface area contributed by atoms with Crippen LogP contribution in [-0.2, 0) is 19.9 Å². The second-order valence-corrected chi connectivity index (χ2v) is 7.79. The predicted octanol–water partition coefficient (Wildman–Crippen LogP) is -1.52. The topological polar surface area (TPSA) is 144 Å². The van der Waals surface area contributed by atoms with Crippen LogP contribution >= 0.6 is 0 Å². The highest BCUT2D eigenvalue weighted by atomic mass is 32.2. The van der Waals surface area contributed by atoms with Gasteiger partial charge in [-0.05, 0) is 6.42 Å². The quantitative estimate of drug-likeness (QED) is 0.313. The van der Waals surface area contributed by atoms with Crippen molar-refractivity contribution in [3.8, 4) is 0 Å². The lowest BCUT2D eigenvalue weighted by Gasteiger charge is -2.06. The number of aromatic nitrogens is 2. The van der Waals surface area contributed by atoms with Gasteiger partial charge in [-0.2, -0.15) is 0 Å². The molecule has 11 heteroatoms. The van der Waals surface area contributed by atoms with Crippen molar-refractivity contribution in [2.24, 2.45) is 5.84 Å². The first-order chi connectivity index (χ1) is 8.74. The lowest BCUT2D eigenvalue weighted by Crippen LogP contribution is -2.26. The molecule has 108 valence electrons. The highest BCUT2D eigenvalue weighted by molar-refractivity contribution is 7.90. The standard InChI is InChI=1S/C8H15N5O4S2/c1-18(14,15)4-2-3-12-19(16,17)7-5-10-8(13-9)11-6-7/h5-6,12H,2-4,9H2,1H3,(H,10,11,13). The van der Waals surface area contributed by atoms with Gasteiger partial charge in [0.05, 0.1) is 18.1 Å². The van der Waals surface area contributed by atoms with Crippen molar-refractivity contribution in [2.75, 3.05) is 24.0 Å². The minimum atomic E-state index is -3.74. The van der Waals surface area contributed by atoms with Gasteiger partial charge in [0.2, 0.25) is 16.0 Å². The van der Waals surface area contributed by atoms with Crippen molar-refractivity contribution in [3.63, 3.8) is 0 Å². The molecule has 0 aliphatic carbocycles. The predicted molar refractivity (Wildman–Crippen MR) is 69.4 cm³/mol. The van der Waals surface area contributed by atoms with E-state index in [0.717, 1.165) is 18.6 Å². The summed E-state index contributed by atoms with van der Waals surface area (Å²) in [7, 11) is -6.84. The number of sulfonamides is 1.